The van der Waals surface area contributed by atoms with E-state index in [0.29, 0.717) is 5.56 Å². The Bertz CT molecular complexity index is 523. The van der Waals surface area contributed by atoms with E-state index in [0.717, 1.165) is 0 Å². The van der Waals surface area contributed by atoms with E-state index in [1.54, 1.807) is 30.3 Å². The second-order valence-electron chi connectivity index (χ2n) is 3.37. The van der Waals surface area contributed by atoms with Crippen molar-refractivity contribution in [2.24, 2.45) is 0 Å². The van der Waals surface area contributed by atoms with E-state index in [-0.39, 0.29) is 52.4 Å². The molecule has 2 aromatic carbocycles. The molecule has 17 heavy (non-hydrogen) atoms. The van der Waals surface area contributed by atoms with Crippen molar-refractivity contribution < 1.29 is 15.0 Å². The zero-order chi connectivity index (χ0) is 11.5. The number of carbonyl (C=O) groups is 1. The van der Waals surface area contributed by atoms with Gasteiger partial charge in [0.1, 0.15) is 0 Å². The van der Waals surface area contributed by atoms with Gasteiger partial charge >= 0.3 is 29.6 Å². The molecule has 2 N–H and O–H groups in total. The van der Waals surface area contributed by atoms with Crippen molar-refractivity contribution in [1.82, 2.24) is 0 Å². The molecule has 0 heterocycles. The third-order valence-electron chi connectivity index (χ3n) is 2.30. The van der Waals surface area contributed by atoms with Gasteiger partial charge in [-0.1, -0.05) is 36.4 Å². The van der Waals surface area contributed by atoms with Crippen LogP contribution in [-0.4, -0.2) is 45.6 Å². The molecule has 0 atom stereocenters. The summed E-state index contributed by atoms with van der Waals surface area (Å²) in [7, 11) is 0. The van der Waals surface area contributed by atoms with Crippen molar-refractivity contribution in [3.63, 3.8) is 0 Å². The van der Waals surface area contributed by atoms with Gasteiger partial charge < -0.3 is 10.2 Å². The van der Waals surface area contributed by atoms with Crippen molar-refractivity contribution in [3.8, 4) is 11.5 Å². The molecule has 3 nitrogen and oxygen atoms in total. The van der Waals surface area contributed by atoms with Crippen LogP contribution in [0.4, 0.5) is 0 Å². The first-order valence-corrected chi connectivity index (χ1v) is 4.81. The van der Waals surface area contributed by atoms with E-state index < -0.39 is 0 Å². The fourth-order valence-corrected chi connectivity index (χ4v) is 1.46. The van der Waals surface area contributed by atoms with E-state index in [1.807, 2.05) is 0 Å². The first kappa shape index (κ1) is 13.8. The molecule has 2 aromatic rings. The van der Waals surface area contributed by atoms with Crippen LogP contribution in [0.3, 0.4) is 0 Å². The molecule has 0 bridgehead atoms. The molecule has 0 aliphatic heterocycles. The second kappa shape index (κ2) is 5.87. The number of benzene rings is 2. The Morgan fingerprint density at radius 3 is 2.18 bits per heavy atom. The van der Waals surface area contributed by atoms with Crippen molar-refractivity contribution in [2.45, 2.75) is 0 Å². The molecule has 0 saturated heterocycles. The second-order valence-corrected chi connectivity index (χ2v) is 3.37. The van der Waals surface area contributed by atoms with E-state index in [2.05, 4.69) is 0 Å². The molecule has 0 unspecified atom stereocenters. The van der Waals surface area contributed by atoms with Gasteiger partial charge in [0.15, 0.2) is 17.3 Å². The van der Waals surface area contributed by atoms with E-state index in [1.165, 1.54) is 18.2 Å². The summed E-state index contributed by atoms with van der Waals surface area (Å²) in [5.74, 6) is -0.980. The molecule has 0 aliphatic rings. The zero-order valence-electron chi connectivity index (χ0n) is 8.42. The molecule has 0 saturated carbocycles. The fraction of sp³-hybridized carbons (Fsp3) is 0. The van der Waals surface area contributed by atoms with Gasteiger partial charge in [0.05, 0.1) is 5.56 Å². The van der Waals surface area contributed by atoms with Crippen LogP contribution in [0, 0.1) is 0 Å². The summed E-state index contributed by atoms with van der Waals surface area (Å²) in [6, 6.07) is 12.9. The number of aromatic hydroxyl groups is 2. The summed E-state index contributed by atoms with van der Waals surface area (Å²) < 4.78 is 0. The van der Waals surface area contributed by atoms with Crippen molar-refractivity contribution in [1.29, 1.82) is 0 Å². The summed E-state index contributed by atoms with van der Waals surface area (Å²) in [6.07, 6.45) is 0. The number of para-hydroxylation sites is 1. The van der Waals surface area contributed by atoms with Gasteiger partial charge in [-0.2, -0.15) is 0 Å². The van der Waals surface area contributed by atoms with Gasteiger partial charge in [0, 0.05) is 5.56 Å². The number of ketones is 1. The summed E-state index contributed by atoms with van der Waals surface area (Å²) in [5, 5.41) is 18.9. The third kappa shape index (κ3) is 2.88. The quantitative estimate of drug-likeness (QED) is 0.475. The summed E-state index contributed by atoms with van der Waals surface area (Å²) in [4.78, 5) is 11.9. The molecular weight excluding hydrogens is 227 g/mol. The van der Waals surface area contributed by atoms with Crippen molar-refractivity contribution >= 4 is 35.3 Å². The van der Waals surface area contributed by atoms with Gasteiger partial charge in [-0.25, -0.2) is 0 Å². The summed E-state index contributed by atoms with van der Waals surface area (Å²) >= 11 is 0. The van der Waals surface area contributed by atoms with E-state index in [4.69, 9.17) is 0 Å². The molecular formula is C13H11NaO3. The van der Waals surface area contributed by atoms with Gasteiger partial charge in [0.2, 0.25) is 0 Å². The van der Waals surface area contributed by atoms with Crippen molar-refractivity contribution in [3.05, 3.63) is 59.7 Å². The SMILES string of the molecule is O=C(c1ccccc1)c1cccc(O)c1O.[NaH]. The molecule has 2 rings (SSSR count). The van der Waals surface area contributed by atoms with E-state index in [9.17, 15) is 15.0 Å². The predicted molar refractivity (Wildman–Crippen MR) is 66.8 cm³/mol. The normalized spacial score (nSPS) is 9.41. The Balaban J connectivity index is 0.00000144. The van der Waals surface area contributed by atoms with Gasteiger partial charge in [-0.15, -0.1) is 0 Å². The molecule has 4 heteroatoms. The van der Waals surface area contributed by atoms with Crippen LogP contribution in [0.5, 0.6) is 11.5 Å². The molecule has 0 aromatic heterocycles. The van der Waals surface area contributed by atoms with Gasteiger partial charge in [0.25, 0.3) is 0 Å². The molecule has 0 radical (unpaired) electrons. The Labute approximate surface area is 121 Å². The van der Waals surface area contributed by atoms with Crippen LogP contribution in [0.2, 0.25) is 0 Å². The van der Waals surface area contributed by atoms with E-state index >= 15 is 0 Å². The first-order valence-electron chi connectivity index (χ1n) is 4.81. The van der Waals surface area contributed by atoms with Crippen molar-refractivity contribution in [2.75, 3.05) is 0 Å². The summed E-state index contributed by atoms with van der Waals surface area (Å²) in [5.41, 5.74) is 0.578. The minimum atomic E-state index is -0.378. The molecule has 0 fully saturated rings. The van der Waals surface area contributed by atoms with Gasteiger partial charge in [-0.3, -0.25) is 4.79 Å². The molecule has 82 valence electrons. The van der Waals surface area contributed by atoms with Crippen LogP contribution in [0.1, 0.15) is 15.9 Å². The fourth-order valence-electron chi connectivity index (χ4n) is 1.46. The Hall–Kier alpha value is -1.29. The minimum absolute atomic E-state index is 0. The molecule has 0 spiro atoms. The predicted octanol–water partition coefficient (Wildman–Crippen LogP) is 1.68. The Morgan fingerprint density at radius 2 is 1.53 bits per heavy atom. The Morgan fingerprint density at radius 1 is 0.882 bits per heavy atom. The Kier molecular flexibility index (Phi) is 4.75. The number of hydrogen-bond acceptors (Lipinski definition) is 3. The maximum atomic E-state index is 11.9. The number of hydrogen-bond donors (Lipinski definition) is 2. The number of rotatable bonds is 2. The number of phenols is 2. The standard InChI is InChI=1S/C13H10O3.Na.H/c14-11-8-4-7-10(13(11)16)12(15)9-5-2-1-3-6-9;;/h1-8,14,16H;;. The average molecular weight is 238 g/mol. The third-order valence-corrected chi connectivity index (χ3v) is 2.30. The number of carbonyl (C=O) groups excluding carboxylic acids is 1. The van der Waals surface area contributed by atoms with Crippen LogP contribution in [0.25, 0.3) is 0 Å². The van der Waals surface area contributed by atoms with Crippen LogP contribution in [-0.2, 0) is 0 Å². The van der Waals surface area contributed by atoms with Gasteiger partial charge in [-0.05, 0) is 12.1 Å². The zero-order valence-corrected chi connectivity index (χ0v) is 8.42. The van der Waals surface area contributed by atoms with Crippen LogP contribution in [0.15, 0.2) is 48.5 Å². The number of phenolic OH excluding ortho intramolecular Hbond substituents is 2. The van der Waals surface area contributed by atoms with Crippen LogP contribution < -0.4 is 0 Å². The first-order chi connectivity index (χ1) is 7.70. The molecule has 0 amide bonds. The topological polar surface area (TPSA) is 57.5 Å². The average Bonchev–Trinajstić information content (AvgIpc) is 2.33. The molecule has 0 aliphatic carbocycles. The summed E-state index contributed by atoms with van der Waals surface area (Å²) in [6.45, 7) is 0. The monoisotopic (exact) mass is 238 g/mol. The van der Waals surface area contributed by atoms with Crippen LogP contribution >= 0.6 is 0 Å². The maximum absolute atomic E-state index is 11.9.